The number of aliphatic hydroxyl groups is 1. The minimum absolute atomic E-state index is 0.0482. The van der Waals surface area contributed by atoms with Crippen molar-refractivity contribution in [2.45, 2.75) is 89.2 Å². The minimum Gasteiger partial charge on any atom is -0.385 e. The Labute approximate surface area is 217 Å². The number of unbranched alkanes of at least 4 members (excludes halogenated alkanes) is 1. The first-order chi connectivity index (χ1) is 17.4. The van der Waals surface area contributed by atoms with Crippen LogP contribution in [0, 0.1) is 24.6 Å². The molecule has 0 spiro atoms. The number of piperidine rings is 1. The van der Waals surface area contributed by atoms with Crippen LogP contribution in [-0.4, -0.2) is 62.5 Å². The summed E-state index contributed by atoms with van der Waals surface area (Å²) in [5.41, 5.74) is 0.227. The molecule has 7 heteroatoms. The number of amides is 2. The highest BCUT2D eigenvalue weighted by Crippen LogP contribution is 2.40. The van der Waals surface area contributed by atoms with Gasteiger partial charge in [-0.05, 0) is 81.7 Å². The van der Waals surface area contributed by atoms with E-state index in [1.165, 1.54) is 44.2 Å². The quantitative estimate of drug-likeness (QED) is 0.345. The van der Waals surface area contributed by atoms with E-state index in [4.69, 9.17) is 4.74 Å². The van der Waals surface area contributed by atoms with Crippen molar-refractivity contribution < 1.29 is 19.0 Å². The van der Waals surface area contributed by atoms with Gasteiger partial charge < -0.3 is 25.4 Å². The lowest BCUT2D eigenvalue weighted by molar-refractivity contribution is -0.0566. The number of rotatable bonds is 12. The molecule has 0 radical (unpaired) electrons. The third-order valence-electron chi connectivity index (χ3n) is 8.20. The molecule has 1 heterocycles. The highest BCUT2D eigenvalue weighted by Gasteiger charge is 2.41. The predicted molar refractivity (Wildman–Crippen MR) is 142 cm³/mol. The van der Waals surface area contributed by atoms with Gasteiger partial charge in [0.05, 0.1) is 5.60 Å². The van der Waals surface area contributed by atoms with Crippen molar-refractivity contribution in [2.24, 2.45) is 11.8 Å². The van der Waals surface area contributed by atoms with E-state index in [-0.39, 0.29) is 23.8 Å². The molecule has 1 aliphatic heterocycles. The van der Waals surface area contributed by atoms with Crippen LogP contribution >= 0.6 is 0 Å². The summed E-state index contributed by atoms with van der Waals surface area (Å²) in [5.74, 6) is 0.199. The number of likely N-dealkylation sites (N-methyl/N-ethyl adjacent to an activating group) is 1. The third-order valence-corrected chi connectivity index (χ3v) is 8.20. The first-order valence-electron chi connectivity index (χ1n) is 14.0. The zero-order chi connectivity index (χ0) is 26.0. The van der Waals surface area contributed by atoms with Crippen LogP contribution in [0.1, 0.15) is 81.8 Å². The van der Waals surface area contributed by atoms with Gasteiger partial charge in [0.25, 0.3) is 0 Å². The Morgan fingerprint density at radius 1 is 1.19 bits per heavy atom. The van der Waals surface area contributed by atoms with Crippen LogP contribution in [0.3, 0.4) is 0 Å². The standard InChI is InChI=1S/C29H48FN3O3/c1-22-16-25(19-26(30)17-22)29(35,13-7-8-15-36-3)24-12-9-14-33(21-24)28(34)32-27(20-31-2)18-23-10-5-4-6-11-23/h16-17,19,23-24,27,31,35H,4-15,18,20-21H2,1-3H3,(H,32,34)/t24-,27+,29+/m1/s1. The average Bonchev–Trinajstić information content (AvgIpc) is 2.87. The molecule has 0 aromatic heterocycles. The summed E-state index contributed by atoms with van der Waals surface area (Å²) < 4.78 is 19.6. The summed E-state index contributed by atoms with van der Waals surface area (Å²) >= 11 is 0. The molecule has 3 atom stereocenters. The number of nitrogens with one attached hydrogen (secondary N) is 2. The number of ether oxygens (including phenoxy) is 1. The zero-order valence-corrected chi connectivity index (χ0v) is 22.7. The summed E-state index contributed by atoms with van der Waals surface area (Å²) in [6.07, 6.45) is 11.2. The Morgan fingerprint density at radius 3 is 2.67 bits per heavy atom. The summed E-state index contributed by atoms with van der Waals surface area (Å²) in [7, 11) is 3.61. The van der Waals surface area contributed by atoms with E-state index >= 15 is 0 Å². The van der Waals surface area contributed by atoms with Crippen LogP contribution in [0.5, 0.6) is 0 Å². The predicted octanol–water partition coefficient (Wildman–Crippen LogP) is 5.12. The summed E-state index contributed by atoms with van der Waals surface area (Å²) in [6.45, 7) is 4.39. The van der Waals surface area contributed by atoms with E-state index in [0.29, 0.717) is 37.6 Å². The molecule has 6 nitrogen and oxygen atoms in total. The van der Waals surface area contributed by atoms with Gasteiger partial charge in [-0.2, -0.15) is 0 Å². The van der Waals surface area contributed by atoms with Crippen molar-refractivity contribution in [1.29, 1.82) is 0 Å². The van der Waals surface area contributed by atoms with Crippen LogP contribution < -0.4 is 10.6 Å². The Hall–Kier alpha value is -1.70. The minimum atomic E-state index is -1.19. The molecule has 1 aliphatic carbocycles. The molecule has 2 amide bonds. The molecule has 3 N–H and O–H groups in total. The smallest absolute Gasteiger partial charge is 0.317 e. The SMILES string of the molecule is CNC[C@H](CC1CCCCC1)NC(=O)N1CCC[C@@H]([C@@](O)(CCCCOC)c2cc(C)cc(F)c2)C1. The van der Waals surface area contributed by atoms with E-state index in [2.05, 4.69) is 10.6 Å². The Kier molecular flexibility index (Phi) is 11.5. The van der Waals surface area contributed by atoms with E-state index in [0.717, 1.165) is 44.2 Å². The van der Waals surface area contributed by atoms with Crippen molar-refractivity contribution in [3.63, 3.8) is 0 Å². The van der Waals surface area contributed by atoms with Crippen LogP contribution in [0.2, 0.25) is 0 Å². The second kappa shape index (κ2) is 14.3. The lowest BCUT2D eigenvalue weighted by Crippen LogP contribution is -2.54. The highest BCUT2D eigenvalue weighted by molar-refractivity contribution is 5.74. The maximum Gasteiger partial charge on any atom is 0.317 e. The number of carbonyl (C=O) groups is 1. The largest absolute Gasteiger partial charge is 0.385 e. The van der Waals surface area contributed by atoms with Crippen LogP contribution in [0.15, 0.2) is 18.2 Å². The van der Waals surface area contributed by atoms with Gasteiger partial charge in [0.1, 0.15) is 5.82 Å². The maximum atomic E-state index is 14.4. The molecule has 3 rings (SSSR count). The monoisotopic (exact) mass is 505 g/mol. The van der Waals surface area contributed by atoms with Gasteiger partial charge in [0.2, 0.25) is 0 Å². The third kappa shape index (κ3) is 8.15. The maximum absolute atomic E-state index is 14.4. The van der Waals surface area contributed by atoms with Crippen LogP contribution in [0.25, 0.3) is 0 Å². The van der Waals surface area contributed by atoms with E-state index in [1.807, 2.05) is 24.9 Å². The van der Waals surface area contributed by atoms with Gasteiger partial charge in [-0.25, -0.2) is 9.18 Å². The number of aryl methyl sites for hydroxylation is 1. The number of benzene rings is 1. The number of halogens is 1. The van der Waals surface area contributed by atoms with Gasteiger partial charge in [-0.15, -0.1) is 0 Å². The normalized spacial score (nSPS) is 21.7. The average molecular weight is 506 g/mol. The number of carbonyl (C=O) groups excluding carboxylic acids is 1. The first-order valence-corrected chi connectivity index (χ1v) is 14.0. The summed E-state index contributed by atoms with van der Waals surface area (Å²) in [5, 5.41) is 18.6. The van der Waals surface area contributed by atoms with Gasteiger partial charge in [0.15, 0.2) is 0 Å². The Morgan fingerprint density at radius 2 is 1.97 bits per heavy atom. The van der Waals surface area contributed by atoms with E-state index in [1.54, 1.807) is 7.11 Å². The molecule has 2 fully saturated rings. The molecular formula is C29H48FN3O3. The molecule has 1 aromatic carbocycles. The molecule has 1 aromatic rings. The van der Waals surface area contributed by atoms with Gasteiger partial charge in [0, 0.05) is 45.3 Å². The Bertz CT molecular complexity index is 797. The number of urea groups is 1. The van der Waals surface area contributed by atoms with Gasteiger partial charge in [-0.3, -0.25) is 0 Å². The van der Waals surface area contributed by atoms with Crippen LogP contribution in [-0.2, 0) is 10.3 Å². The molecule has 0 bridgehead atoms. The van der Waals surface area contributed by atoms with Crippen molar-refractivity contribution in [1.82, 2.24) is 15.5 Å². The summed E-state index contributed by atoms with van der Waals surface area (Å²) in [4.78, 5) is 15.2. The van der Waals surface area contributed by atoms with Crippen LogP contribution in [0.4, 0.5) is 9.18 Å². The molecule has 0 unspecified atom stereocenters. The second-order valence-corrected chi connectivity index (χ2v) is 11.1. The van der Waals surface area contributed by atoms with Gasteiger partial charge >= 0.3 is 6.03 Å². The molecule has 204 valence electrons. The van der Waals surface area contributed by atoms with Gasteiger partial charge in [-0.1, -0.05) is 38.2 Å². The number of hydrogen-bond acceptors (Lipinski definition) is 4. The summed E-state index contributed by atoms with van der Waals surface area (Å²) in [6, 6.07) is 4.91. The van der Waals surface area contributed by atoms with Crippen molar-refractivity contribution >= 4 is 6.03 Å². The van der Waals surface area contributed by atoms with Crippen molar-refractivity contribution in [3.05, 3.63) is 35.1 Å². The lowest BCUT2D eigenvalue weighted by Gasteiger charge is -2.43. The fourth-order valence-corrected chi connectivity index (χ4v) is 6.29. The molecule has 1 saturated heterocycles. The molecule has 1 saturated carbocycles. The first kappa shape index (κ1) is 28.9. The molecular weight excluding hydrogens is 457 g/mol. The number of methoxy groups -OCH3 is 1. The van der Waals surface area contributed by atoms with Crippen molar-refractivity contribution in [2.75, 3.05) is 40.4 Å². The van der Waals surface area contributed by atoms with E-state index < -0.39 is 5.60 Å². The number of nitrogens with zero attached hydrogens (tertiary/aromatic N) is 1. The topological polar surface area (TPSA) is 73.8 Å². The Balaban J connectivity index is 1.71. The number of likely N-dealkylation sites (tertiary alicyclic amines) is 1. The molecule has 36 heavy (non-hydrogen) atoms. The fraction of sp³-hybridized carbons (Fsp3) is 0.759. The second-order valence-electron chi connectivity index (χ2n) is 11.1. The lowest BCUT2D eigenvalue weighted by atomic mass is 9.74. The zero-order valence-electron chi connectivity index (χ0n) is 22.7. The fourth-order valence-electron chi connectivity index (χ4n) is 6.29. The number of hydrogen-bond donors (Lipinski definition) is 3. The van der Waals surface area contributed by atoms with Crippen molar-refractivity contribution in [3.8, 4) is 0 Å². The molecule has 2 aliphatic rings. The van der Waals surface area contributed by atoms with E-state index in [9.17, 15) is 14.3 Å². The highest BCUT2D eigenvalue weighted by atomic mass is 19.1.